The van der Waals surface area contributed by atoms with Gasteiger partial charge in [0.15, 0.2) is 29.7 Å². The van der Waals surface area contributed by atoms with E-state index in [2.05, 4.69) is 15.5 Å². The van der Waals surface area contributed by atoms with Crippen LogP contribution in [-0.4, -0.2) is 45.2 Å². The molecule has 0 bridgehead atoms. The van der Waals surface area contributed by atoms with E-state index < -0.39 is 5.97 Å². The van der Waals surface area contributed by atoms with E-state index in [0.717, 1.165) is 6.42 Å². The number of tetrazole rings is 1. The second kappa shape index (κ2) is 8.41. The van der Waals surface area contributed by atoms with Gasteiger partial charge in [-0.1, -0.05) is 6.92 Å². The SMILES string of the molecule is CCCn1nnnc1COC(=O)CCC(=O)c1ccc2c(c1)OCCO2. The van der Waals surface area contributed by atoms with Gasteiger partial charge in [0.1, 0.15) is 13.2 Å². The maximum absolute atomic E-state index is 12.3. The van der Waals surface area contributed by atoms with Crippen LogP contribution in [0.25, 0.3) is 0 Å². The van der Waals surface area contributed by atoms with Crippen LogP contribution in [0, 0.1) is 0 Å². The first kappa shape index (κ1) is 17.8. The summed E-state index contributed by atoms with van der Waals surface area (Å²) in [5.74, 6) is 1.03. The monoisotopic (exact) mass is 360 g/mol. The van der Waals surface area contributed by atoms with Crippen LogP contribution in [0.1, 0.15) is 42.4 Å². The molecule has 0 amide bonds. The highest BCUT2D eigenvalue weighted by Crippen LogP contribution is 2.31. The van der Waals surface area contributed by atoms with Gasteiger partial charge >= 0.3 is 5.97 Å². The lowest BCUT2D eigenvalue weighted by molar-refractivity contribution is -0.145. The Morgan fingerprint density at radius 2 is 2.00 bits per heavy atom. The lowest BCUT2D eigenvalue weighted by Gasteiger charge is -2.18. The van der Waals surface area contributed by atoms with Gasteiger partial charge in [0.25, 0.3) is 0 Å². The molecule has 9 nitrogen and oxygen atoms in total. The van der Waals surface area contributed by atoms with Gasteiger partial charge in [-0.2, -0.15) is 0 Å². The Bertz CT molecular complexity index is 789. The number of carbonyl (C=O) groups is 2. The van der Waals surface area contributed by atoms with Gasteiger partial charge in [0.2, 0.25) is 0 Å². The van der Waals surface area contributed by atoms with Crippen LogP contribution in [0.15, 0.2) is 18.2 Å². The van der Waals surface area contributed by atoms with Gasteiger partial charge in [-0.25, -0.2) is 4.68 Å². The van der Waals surface area contributed by atoms with Crippen LogP contribution in [-0.2, 0) is 22.7 Å². The first-order chi connectivity index (χ1) is 12.7. The van der Waals surface area contributed by atoms with E-state index in [1.54, 1.807) is 22.9 Å². The zero-order valence-electron chi connectivity index (χ0n) is 14.5. The van der Waals surface area contributed by atoms with Crippen LogP contribution in [0.3, 0.4) is 0 Å². The summed E-state index contributed by atoms with van der Waals surface area (Å²) >= 11 is 0. The van der Waals surface area contributed by atoms with Crippen molar-refractivity contribution in [3.05, 3.63) is 29.6 Å². The first-order valence-electron chi connectivity index (χ1n) is 8.51. The zero-order valence-corrected chi connectivity index (χ0v) is 14.5. The minimum absolute atomic E-state index is 0.00987. The molecular weight excluding hydrogens is 340 g/mol. The van der Waals surface area contributed by atoms with Gasteiger partial charge in [0, 0.05) is 18.5 Å². The number of ether oxygens (including phenoxy) is 3. The molecule has 1 aliphatic rings. The summed E-state index contributed by atoms with van der Waals surface area (Å²) in [4.78, 5) is 24.1. The van der Waals surface area contributed by atoms with Gasteiger partial charge in [-0.3, -0.25) is 9.59 Å². The molecule has 0 radical (unpaired) electrons. The van der Waals surface area contributed by atoms with Crippen molar-refractivity contribution in [2.75, 3.05) is 13.2 Å². The predicted molar refractivity (Wildman–Crippen MR) is 88.9 cm³/mol. The summed E-state index contributed by atoms with van der Waals surface area (Å²) in [6, 6.07) is 5.01. The molecule has 0 spiro atoms. The number of ketones is 1. The summed E-state index contributed by atoms with van der Waals surface area (Å²) in [6.45, 7) is 3.59. The fourth-order valence-corrected chi connectivity index (χ4v) is 2.51. The number of esters is 1. The minimum atomic E-state index is -0.470. The fourth-order valence-electron chi connectivity index (χ4n) is 2.51. The lowest BCUT2D eigenvalue weighted by atomic mass is 10.1. The molecule has 3 rings (SSSR count). The Morgan fingerprint density at radius 3 is 2.81 bits per heavy atom. The van der Waals surface area contributed by atoms with E-state index in [1.807, 2.05) is 6.92 Å². The van der Waals surface area contributed by atoms with Crippen molar-refractivity contribution in [3.8, 4) is 11.5 Å². The van der Waals surface area contributed by atoms with Crippen LogP contribution in [0.5, 0.6) is 11.5 Å². The van der Waals surface area contributed by atoms with Crippen LogP contribution < -0.4 is 9.47 Å². The Kier molecular flexibility index (Phi) is 5.77. The summed E-state index contributed by atoms with van der Waals surface area (Å²) in [5.41, 5.74) is 0.480. The summed E-state index contributed by atoms with van der Waals surface area (Å²) < 4.78 is 17.6. The third kappa shape index (κ3) is 4.35. The highest BCUT2D eigenvalue weighted by Gasteiger charge is 2.16. The van der Waals surface area contributed by atoms with Crippen molar-refractivity contribution in [3.63, 3.8) is 0 Å². The molecular formula is C17H20N4O5. The maximum Gasteiger partial charge on any atom is 0.306 e. The van der Waals surface area contributed by atoms with E-state index in [9.17, 15) is 9.59 Å². The van der Waals surface area contributed by atoms with E-state index in [0.29, 0.717) is 42.6 Å². The predicted octanol–water partition coefficient (Wildman–Crippen LogP) is 1.56. The molecule has 0 atom stereocenters. The third-order valence-corrected chi connectivity index (χ3v) is 3.82. The molecule has 0 aliphatic carbocycles. The fraction of sp³-hybridized carbons (Fsp3) is 0.471. The van der Waals surface area contributed by atoms with Gasteiger partial charge in [-0.15, -0.1) is 5.10 Å². The molecule has 0 unspecified atom stereocenters. The number of aromatic nitrogens is 4. The standard InChI is InChI=1S/C17H20N4O5/c1-2-7-21-16(18-19-20-21)11-26-17(23)6-4-13(22)12-3-5-14-15(10-12)25-9-8-24-14/h3,5,10H,2,4,6-9,11H2,1H3. The number of aryl methyl sites for hydroxylation is 1. The summed E-state index contributed by atoms with van der Waals surface area (Å²) in [7, 11) is 0. The van der Waals surface area contributed by atoms with Crippen molar-refractivity contribution in [2.24, 2.45) is 0 Å². The quantitative estimate of drug-likeness (QED) is 0.516. The largest absolute Gasteiger partial charge is 0.486 e. The molecule has 2 aromatic rings. The molecule has 138 valence electrons. The lowest BCUT2D eigenvalue weighted by Crippen LogP contribution is -2.16. The molecule has 26 heavy (non-hydrogen) atoms. The molecule has 1 aromatic heterocycles. The second-order valence-corrected chi connectivity index (χ2v) is 5.76. The van der Waals surface area contributed by atoms with Gasteiger partial charge in [-0.05, 0) is 35.0 Å². The van der Waals surface area contributed by atoms with Gasteiger partial charge < -0.3 is 14.2 Å². The molecule has 0 fully saturated rings. The number of nitrogens with zero attached hydrogens (tertiary/aromatic N) is 4. The average molecular weight is 360 g/mol. The highest BCUT2D eigenvalue weighted by molar-refractivity contribution is 5.98. The zero-order chi connectivity index (χ0) is 18.4. The Morgan fingerprint density at radius 1 is 1.19 bits per heavy atom. The number of carbonyl (C=O) groups excluding carboxylic acids is 2. The minimum Gasteiger partial charge on any atom is -0.486 e. The van der Waals surface area contributed by atoms with Crippen molar-refractivity contribution >= 4 is 11.8 Å². The average Bonchev–Trinajstić information content (AvgIpc) is 3.11. The molecule has 2 heterocycles. The number of hydrogen-bond acceptors (Lipinski definition) is 8. The molecule has 0 saturated carbocycles. The van der Waals surface area contributed by atoms with Crippen molar-refractivity contribution in [2.45, 2.75) is 39.3 Å². The smallest absolute Gasteiger partial charge is 0.306 e. The van der Waals surface area contributed by atoms with Crippen LogP contribution in [0.4, 0.5) is 0 Å². The van der Waals surface area contributed by atoms with E-state index >= 15 is 0 Å². The Balaban J connectivity index is 1.48. The first-order valence-corrected chi connectivity index (χ1v) is 8.51. The highest BCUT2D eigenvalue weighted by atomic mass is 16.6. The topological polar surface area (TPSA) is 105 Å². The molecule has 1 aliphatic heterocycles. The molecule has 1 aromatic carbocycles. The summed E-state index contributed by atoms with van der Waals surface area (Å²) in [5, 5.41) is 11.2. The normalized spacial score (nSPS) is 12.7. The van der Waals surface area contributed by atoms with E-state index in [1.165, 1.54) is 0 Å². The molecule has 0 saturated heterocycles. The van der Waals surface area contributed by atoms with Gasteiger partial charge in [0.05, 0.1) is 6.42 Å². The molecule has 0 N–H and O–H groups in total. The Hall–Kier alpha value is -2.97. The van der Waals surface area contributed by atoms with E-state index in [-0.39, 0.29) is 25.2 Å². The number of benzene rings is 1. The van der Waals surface area contributed by atoms with Crippen molar-refractivity contribution in [1.82, 2.24) is 20.2 Å². The van der Waals surface area contributed by atoms with Crippen LogP contribution >= 0.6 is 0 Å². The molecule has 9 heteroatoms. The number of fused-ring (bicyclic) bond motifs is 1. The Labute approximate surface area is 150 Å². The van der Waals surface area contributed by atoms with Crippen molar-refractivity contribution in [1.29, 1.82) is 0 Å². The summed E-state index contributed by atoms with van der Waals surface area (Å²) in [6.07, 6.45) is 0.914. The maximum atomic E-state index is 12.3. The number of hydrogen-bond donors (Lipinski definition) is 0. The number of rotatable bonds is 8. The number of Topliss-reactive ketones (excluding diaryl/α,β-unsaturated/α-hetero) is 1. The van der Waals surface area contributed by atoms with Crippen LogP contribution in [0.2, 0.25) is 0 Å². The van der Waals surface area contributed by atoms with Crippen molar-refractivity contribution < 1.29 is 23.8 Å². The van der Waals surface area contributed by atoms with E-state index in [4.69, 9.17) is 14.2 Å². The third-order valence-electron chi connectivity index (χ3n) is 3.82. The second-order valence-electron chi connectivity index (χ2n) is 5.76.